The van der Waals surface area contributed by atoms with Gasteiger partial charge in [0.2, 0.25) is 0 Å². The van der Waals surface area contributed by atoms with Crippen LogP contribution in [0.4, 0.5) is 5.69 Å². The fourth-order valence-corrected chi connectivity index (χ4v) is 2.95. The number of anilines is 1. The van der Waals surface area contributed by atoms with E-state index in [1.165, 1.54) is 10.6 Å². The van der Waals surface area contributed by atoms with Gasteiger partial charge in [-0.1, -0.05) is 23.7 Å². The maximum Gasteiger partial charge on any atom is 0.350 e. The fourth-order valence-electron chi connectivity index (χ4n) is 2.76. The number of fused-ring (bicyclic) bond motifs is 1. The molecule has 0 aliphatic carbocycles. The molecular formula is C19H22ClN5O. The molecule has 1 saturated heterocycles. The van der Waals surface area contributed by atoms with E-state index >= 15 is 0 Å². The van der Waals surface area contributed by atoms with Crippen LogP contribution < -0.4 is 10.6 Å². The molecule has 0 amide bonds. The third-order valence-corrected chi connectivity index (χ3v) is 4.34. The van der Waals surface area contributed by atoms with Gasteiger partial charge in [-0.15, -0.1) is 5.10 Å². The van der Waals surface area contributed by atoms with Gasteiger partial charge in [0.1, 0.15) is 0 Å². The Morgan fingerprint density at radius 2 is 2.04 bits per heavy atom. The van der Waals surface area contributed by atoms with Crippen LogP contribution in [0.5, 0.6) is 0 Å². The predicted octanol–water partition coefficient (Wildman–Crippen LogP) is 2.36. The standard InChI is InChI=1S/C19H22ClN5O/c20-16-5-3-6-17(15-16)23-13-11-22(12-14-23)8-4-10-25-19(26)24-9-2-1-7-18(24)21-25/h1-3,5-7,9,15H,4,8,10-14H2/i10D2,11D2,12D2. The van der Waals surface area contributed by atoms with Crippen molar-refractivity contribution in [2.75, 3.05) is 37.5 Å². The summed E-state index contributed by atoms with van der Waals surface area (Å²) in [5.41, 5.74) is 0.251. The first-order valence-corrected chi connectivity index (χ1v) is 8.64. The lowest BCUT2D eigenvalue weighted by Crippen LogP contribution is -2.46. The number of piperazine rings is 1. The highest BCUT2D eigenvalue weighted by atomic mass is 35.5. The van der Waals surface area contributed by atoms with Crippen molar-refractivity contribution in [2.45, 2.75) is 12.9 Å². The molecule has 3 heterocycles. The molecule has 0 atom stereocenters. The van der Waals surface area contributed by atoms with Crippen LogP contribution in [0.15, 0.2) is 53.5 Å². The summed E-state index contributed by atoms with van der Waals surface area (Å²) in [5, 5.41) is 4.52. The number of aromatic nitrogens is 3. The molecule has 1 fully saturated rings. The molecule has 0 radical (unpaired) electrons. The molecule has 0 bridgehead atoms. The van der Waals surface area contributed by atoms with E-state index in [1.54, 1.807) is 47.4 Å². The summed E-state index contributed by atoms with van der Waals surface area (Å²) >= 11 is 6.03. The van der Waals surface area contributed by atoms with E-state index in [0.717, 1.165) is 9.58 Å². The van der Waals surface area contributed by atoms with Crippen LogP contribution in [-0.2, 0) is 6.50 Å². The Hall–Kier alpha value is -2.31. The third-order valence-electron chi connectivity index (χ3n) is 4.10. The summed E-state index contributed by atoms with van der Waals surface area (Å²) in [6.45, 7) is -6.92. The largest absolute Gasteiger partial charge is 0.369 e. The Bertz CT molecular complexity index is 1180. The first-order valence-electron chi connectivity index (χ1n) is 11.3. The fraction of sp³-hybridized carbons (Fsp3) is 0.368. The molecule has 6 nitrogen and oxygen atoms in total. The molecule has 26 heavy (non-hydrogen) atoms. The van der Waals surface area contributed by atoms with Gasteiger partial charge in [0.15, 0.2) is 5.65 Å². The van der Waals surface area contributed by atoms with Gasteiger partial charge in [-0.2, -0.15) is 0 Å². The first kappa shape index (κ1) is 11.4. The molecule has 0 N–H and O–H groups in total. The van der Waals surface area contributed by atoms with Crippen molar-refractivity contribution in [1.82, 2.24) is 19.1 Å². The minimum atomic E-state index is -2.24. The summed E-state index contributed by atoms with van der Waals surface area (Å²) in [4.78, 5) is 15.2. The van der Waals surface area contributed by atoms with Gasteiger partial charge in [0, 0.05) is 61.5 Å². The van der Waals surface area contributed by atoms with E-state index in [0.29, 0.717) is 16.4 Å². The molecular weight excluding hydrogens is 350 g/mol. The van der Waals surface area contributed by atoms with Crippen molar-refractivity contribution in [1.29, 1.82) is 0 Å². The van der Waals surface area contributed by atoms with E-state index in [9.17, 15) is 4.79 Å². The minimum absolute atomic E-state index is 0.121. The quantitative estimate of drug-likeness (QED) is 0.684. The third kappa shape index (κ3) is 3.61. The Morgan fingerprint density at radius 3 is 2.81 bits per heavy atom. The molecule has 0 saturated carbocycles. The van der Waals surface area contributed by atoms with Crippen molar-refractivity contribution in [2.24, 2.45) is 0 Å². The maximum absolute atomic E-state index is 12.6. The highest BCUT2D eigenvalue weighted by Gasteiger charge is 2.17. The Kier molecular flexibility index (Phi) is 3.30. The van der Waals surface area contributed by atoms with Crippen LogP contribution in [0.3, 0.4) is 0 Å². The van der Waals surface area contributed by atoms with Crippen molar-refractivity contribution < 1.29 is 8.22 Å². The monoisotopic (exact) mass is 377 g/mol. The van der Waals surface area contributed by atoms with Crippen molar-refractivity contribution in [3.63, 3.8) is 0 Å². The lowest BCUT2D eigenvalue weighted by atomic mass is 10.2. The second kappa shape index (κ2) is 7.51. The van der Waals surface area contributed by atoms with Crippen LogP contribution >= 0.6 is 11.6 Å². The summed E-state index contributed by atoms with van der Waals surface area (Å²) < 4.78 is 52.6. The SMILES string of the molecule is [2H]C1([2H])CN(c2cccc(Cl)c2)CC([2H])([2H])N1CCC([2H])([2H])n1nc2ccccn2c1=O. The van der Waals surface area contributed by atoms with Gasteiger partial charge in [0.25, 0.3) is 0 Å². The van der Waals surface area contributed by atoms with E-state index < -0.39 is 25.2 Å². The molecule has 1 aliphatic heterocycles. The average molecular weight is 378 g/mol. The van der Waals surface area contributed by atoms with Crippen LogP contribution in [0.25, 0.3) is 5.65 Å². The molecule has 7 heteroatoms. The van der Waals surface area contributed by atoms with E-state index in [-0.39, 0.29) is 26.1 Å². The zero-order chi connectivity index (χ0) is 23.3. The van der Waals surface area contributed by atoms with Crippen LogP contribution in [0, 0.1) is 0 Å². The van der Waals surface area contributed by atoms with Crippen LogP contribution in [0.1, 0.15) is 14.6 Å². The van der Waals surface area contributed by atoms with E-state index in [4.69, 9.17) is 19.8 Å². The zero-order valence-electron chi connectivity index (χ0n) is 20.0. The van der Waals surface area contributed by atoms with Crippen molar-refractivity contribution >= 4 is 22.9 Å². The van der Waals surface area contributed by atoms with Gasteiger partial charge in [-0.25, -0.2) is 9.48 Å². The normalized spacial score (nSPS) is 23.5. The molecule has 3 aromatic rings. The van der Waals surface area contributed by atoms with Gasteiger partial charge >= 0.3 is 5.69 Å². The molecule has 1 aromatic carbocycles. The predicted molar refractivity (Wildman–Crippen MR) is 104 cm³/mol. The van der Waals surface area contributed by atoms with Gasteiger partial charge in [-0.3, -0.25) is 9.30 Å². The molecule has 0 spiro atoms. The second-order valence-corrected chi connectivity index (χ2v) is 6.27. The summed E-state index contributed by atoms with van der Waals surface area (Å²) in [7, 11) is 0. The Balaban J connectivity index is 1.55. The molecule has 1 aliphatic rings. The highest BCUT2D eigenvalue weighted by Crippen LogP contribution is 2.20. The number of aryl methyl sites for hydroxylation is 1. The van der Waals surface area contributed by atoms with E-state index in [2.05, 4.69) is 5.10 Å². The smallest absolute Gasteiger partial charge is 0.350 e. The van der Waals surface area contributed by atoms with Crippen molar-refractivity contribution in [3.05, 3.63) is 64.2 Å². The van der Waals surface area contributed by atoms with Gasteiger partial charge in [-0.05, 0) is 36.8 Å². The minimum Gasteiger partial charge on any atom is -0.369 e. The lowest BCUT2D eigenvalue weighted by Gasteiger charge is -2.36. The van der Waals surface area contributed by atoms with Crippen molar-refractivity contribution in [3.8, 4) is 0 Å². The number of hydrogen-bond acceptors (Lipinski definition) is 4. The van der Waals surface area contributed by atoms with Crippen LogP contribution in [-0.4, -0.2) is 51.7 Å². The maximum atomic E-state index is 12.6. The topological polar surface area (TPSA) is 45.8 Å². The summed E-state index contributed by atoms with van der Waals surface area (Å²) in [6.07, 6.45) is 1.16. The molecule has 4 rings (SSSR count). The summed E-state index contributed by atoms with van der Waals surface area (Å²) in [6, 6.07) is 11.7. The highest BCUT2D eigenvalue weighted by molar-refractivity contribution is 6.30. The number of halogens is 1. The Labute approximate surface area is 165 Å². The molecule has 136 valence electrons. The number of hydrogen-bond donors (Lipinski definition) is 0. The second-order valence-electron chi connectivity index (χ2n) is 5.84. The zero-order valence-corrected chi connectivity index (χ0v) is 14.7. The van der Waals surface area contributed by atoms with Crippen LogP contribution in [0.2, 0.25) is 5.02 Å². The lowest BCUT2D eigenvalue weighted by molar-refractivity contribution is 0.248. The Morgan fingerprint density at radius 1 is 1.19 bits per heavy atom. The molecule has 2 aromatic heterocycles. The summed E-state index contributed by atoms with van der Waals surface area (Å²) in [5.74, 6) is 0. The van der Waals surface area contributed by atoms with Gasteiger partial charge < -0.3 is 4.90 Å². The number of nitrogens with zero attached hydrogens (tertiary/aromatic N) is 5. The number of benzene rings is 1. The van der Waals surface area contributed by atoms with Gasteiger partial charge in [0.05, 0.1) is 2.74 Å². The molecule has 0 unspecified atom stereocenters. The number of pyridine rings is 1. The van der Waals surface area contributed by atoms with E-state index in [1.807, 2.05) is 0 Å². The first-order chi connectivity index (χ1) is 14.9. The number of rotatable bonds is 5. The average Bonchev–Trinajstić information content (AvgIpc) is 3.04.